The zero-order valence-electron chi connectivity index (χ0n) is 18.5. The van der Waals surface area contributed by atoms with Crippen molar-refractivity contribution in [2.45, 2.75) is 37.6 Å². The number of hydrogen-bond donors (Lipinski definition) is 0. The van der Waals surface area contributed by atoms with Crippen LogP contribution in [0.3, 0.4) is 0 Å². The fourth-order valence-corrected chi connectivity index (χ4v) is 5.37. The molecular weight excluding hydrogens is 460 g/mol. The summed E-state index contributed by atoms with van der Waals surface area (Å²) in [6.45, 7) is 1.16. The zero-order valence-corrected chi connectivity index (χ0v) is 19.3. The highest BCUT2D eigenvalue weighted by atomic mass is 35.5. The van der Waals surface area contributed by atoms with Crippen LogP contribution in [-0.4, -0.2) is 24.5 Å². The lowest BCUT2D eigenvalue weighted by Gasteiger charge is -2.50. The van der Waals surface area contributed by atoms with Crippen LogP contribution in [0.1, 0.15) is 32.1 Å². The summed E-state index contributed by atoms with van der Waals surface area (Å²) in [6, 6.07) is 14.2. The van der Waals surface area contributed by atoms with E-state index in [1.807, 2.05) is 11.0 Å². The van der Waals surface area contributed by atoms with E-state index in [1.165, 1.54) is 30.5 Å². The Morgan fingerprint density at radius 3 is 2.38 bits per heavy atom. The highest BCUT2D eigenvalue weighted by Gasteiger charge is 2.47. The highest BCUT2D eigenvalue weighted by Crippen LogP contribution is 2.42. The first kappa shape index (κ1) is 22.6. The molecule has 8 heteroatoms. The van der Waals surface area contributed by atoms with Gasteiger partial charge in [-0.3, -0.25) is 9.69 Å². The van der Waals surface area contributed by atoms with E-state index >= 15 is 0 Å². The molecule has 3 aromatic rings. The Bertz CT molecular complexity index is 1230. The van der Waals surface area contributed by atoms with E-state index in [2.05, 4.69) is 0 Å². The number of pyridine rings is 1. The summed E-state index contributed by atoms with van der Waals surface area (Å²) in [5.74, 6) is -0.357. The lowest BCUT2D eigenvalue weighted by atomic mass is 9.78. The van der Waals surface area contributed by atoms with Gasteiger partial charge in [0.15, 0.2) is 0 Å². The van der Waals surface area contributed by atoms with Crippen LogP contribution < -0.4 is 14.5 Å². The number of halogens is 3. The van der Waals surface area contributed by atoms with Gasteiger partial charge in [-0.15, -0.1) is 0 Å². The van der Waals surface area contributed by atoms with Crippen molar-refractivity contribution in [3.8, 4) is 11.1 Å². The van der Waals surface area contributed by atoms with Gasteiger partial charge < -0.3 is 10.1 Å². The molecule has 0 unspecified atom stereocenters. The van der Waals surface area contributed by atoms with E-state index in [4.69, 9.17) is 11.6 Å². The van der Waals surface area contributed by atoms with Crippen LogP contribution in [0.4, 0.5) is 20.3 Å². The monoisotopic (exact) mass is 483 g/mol. The number of carbonyl (C=O) groups is 1. The third-order valence-corrected chi connectivity index (χ3v) is 7.32. The first-order valence-electron chi connectivity index (χ1n) is 11.4. The zero-order chi connectivity index (χ0) is 23.9. The topological polar surface area (TPSA) is 50.5 Å². The first-order valence-corrected chi connectivity index (χ1v) is 11.8. The molecule has 2 aliphatic rings. The fourth-order valence-electron chi connectivity index (χ4n) is 5.25. The summed E-state index contributed by atoms with van der Waals surface area (Å²) >= 11 is 5.86. The number of benzene rings is 2. The average molecular weight is 484 g/mol. The van der Waals surface area contributed by atoms with Crippen LogP contribution in [0, 0.1) is 16.8 Å². The summed E-state index contributed by atoms with van der Waals surface area (Å²) in [5.41, 5.74) is 1.75. The lowest BCUT2D eigenvalue weighted by Crippen LogP contribution is -2.60. The van der Waals surface area contributed by atoms with E-state index in [9.17, 15) is 18.8 Å². The standard InChI is InChI=1S/C26H24ClF2N3O2/c27-22-8-7-21(17-23(22)29)32-25(33)2-1-10-26(32)11-14-30(15-12-26)24-16-19(9-13-31(24)34)18-3-5-20(28)6-4-18/h3-9,13,16-17H,1-2,10-12,14-15H2. The summed E-state index contributed by atoms with van der Waals surface area (Å²) in [4.78, 5) is 16.7. The molecule has 34 heavy (non-hydrogen) atoms. The molecule has 0 aliphatic carbocycles. The van der Waals surface area contributed by atoms with Crippen LogP contribution in [0.25, 0.3) is 11.1 Å². The molecule has 5 rings (SSSR count). The third-order valence-electron chi connectivity index (χ3n) is 7.01. The molecule has 2 aliphatic heterocycles. The average Bonchev–Trinajstić information content (AvgIpc) is 2.83. The number of aromatic nitrogens is 1. The Morgan fingerprint density at radius 2 is 1.68 bits per heavy atom. The minimum Gasteiger partial charge on any atom is -0.711 e. The lowest BCUT2D eigenvalue weighted by molar-refractivity contribution is -0.592. The molecule has 0 atom stereocenters. The predicted molar refractivity (Wildman–Crippen MR) is 128 cm³/mol. The molecule has 0 N–H and O–H groups in total. The number of piperidine rings is 2. The smallest absolute Gasteiger partial charge is 0.280 e. The molecule has 1 amide bonds. The van der Waals surface area contributed by atoms with Gasteiger partial charge in [0.2, 0.25) is 5.91 Å². The Balaban J connectivity index is 1.41. The maximum absolute atomic E-state index is 14.2. The van der Waals surface area contributed by atoms with E-state index < -0.39 is 11.4 Å². The minimum absolute atomic E-state index is 0.0152. The minimum atomic E-state index is -0.546. The molecule has 1 aromatic heterocycles. The van der Waals surface area contributed by atoms with Crippen molar-refractivity contribution in [1.29, 1.82) is 0 Å². The number of anilines is 2. The van der Waals surface area contributed by atoms with Crippen molar-refractivity contribution in [2.24, 2.45) is 0 Å². The van der Waals surface area contributed by atoms with E-state index in [-0.39, 0.29) is 16.7 Å². The second-order valence-corrected chi connectivity index (χ2v) is 9.41. The van der Waals surface area contributed by atoms with Gasteiger partial charge >= 0.3 is 0 Å². The van der Waals surface area contributed by atoms with Gasteiger partial charge in [-0.2, -0.15) is 0 Å². The molecule has 1 spiro atoms. The summed E-state index contributed by atoms with van der Waals surface area (Å²) in [6.07, 6.45) is 4.81. The van der Waals surface area contributed by atoms with E-state index in [1.54, 1.807) is 29.2 Å². The van der Waals surface area contributed by atoms with Crippen molar-refractivity contribution in [3.05, 3.63) is 82.7 Å². The molecule has 2 saturated heterocycles. The van der Waals surface area contributed by atoms with Gasteiger partial charge in [0.25, 0.3) is 5.82 Å². The highest BCUT2D eigenvalue weighted by molar-refractivity contribution is 6.30. The normalized spacial score (nSPS) is 17.9. The van der Waals surface area contributed by atoms with Gasteiger partial charge in [-0.25, -0.2) is 13.5 Å². The largest absolute Gasteiger partial charge is 0.711 e. The van der Waals surface area contributed by atoms with Crippen LogP contribution in [0.15, 0.2) is 60.8 Å². The molecule has 0 bridgehead atoms. The van der Waals surface area contributed by atoms with Crippen LogP contribution >= 0.6 is 11.6 Å². The van der Waals surface area contributed by atoms with Gasteiger partial charge in [-0.1, -0.05) is 23.7 Å². The second-order valence-electron chi connectivity index (χ2n) is 9.00. The number of carbonyl (C=O) groups excluding carboxylic acids is 1. The molecule has 3 heterocycles. The fraction of sp³-hybridized carbons (Fsp3) is 0.308. The van der Waals surface area contributed by atoms with Crippen molar-refractivity contribution < 1.29 is 18.3 Å². The van der Waals surface area contributed by atoms with Crippen molar-refractivity contribution >= 4 is 29.0 Å². The molecule has 2 fully saturated rings. The van der Waals surface area contributed by atoms with Crippen molar-refractivity contribution in [2.75, 3.05) is 22.9 Å². The van der Waals surface area contributed by atoms with Gasteiger partial charge in [0, 0.05) is 31.0 Å². The number of hydrogen-bond acceptors (Lipinski definition) is 3. The molecule has 176 valence electrons. The first-order chi connectivity index (χ1) is 16.4. The van der Waals surface area contributed by atoms with Crippen LogP contribution in [0.5, 0.6) is 0 Å². The summed E-state index contributed by atoms with van der Waals surface area (Å²) in [5, 5.41) is 12.7. The number of rotatable bonds is 3. The number of amides is 1. The Kier molecular flexibility index (Phi) is 5.90. The van der Waals surface area contributed by atoms with Crippen molar-refractivity contribution in [3.63, 3.8) is 0 Å². The third kappa shape index (κ3) is 4.09. The van der Waals surface area contributed by atoms with E-state index in [0.717, 1.165) is 28.7 Å². The maximum atomic E-state index is 14.2. The molecule has 2 aromatic carbocycles. The SMILES string of the molecule is O=C1CCCC2(CCN(c3cc(-c4ccc(F)cc4)cc[n+]3[O-])CC2)N1c1ccc(Cl)c(F)c1. The van der Waals surface area contributed by atoms with Gasteiger partial charge in [0.1, 0.15) is 11.6 Å². The van der Waals surface area contributed by atoms with Crippen LogP contribution in [0.2, 0.25) is 5.02 Å². The Morgan fingerprint density at radius 1 is 0.941 bits per heavy atom. The maximum Gasteiger partial charge on any atom is 0.280 e. The van der Waals surface area contributed by atoms with Crippen LogP contribution in [-0.2, 0) is 4.79 Å². The number of nitrogens with zero attached hydrogens (tertiary/aromatic N) is 3. The summed E-state index contributed by atoms with van der Waals surface area (Å²) < 4.78 is 28.4. The Hall–Kier alpha value is -3.19. The predicted octanol–water partition coefficient (Wildman–Crippen LogP) is 5.47. The molecular formula is C26H24ClF2N3O2. The van der Waals surface area contributed by atoms with Gasteiger partial charge in [-0.05, 0) is 60.4 Å². The quantitative estimate of drug-likeness (QED) is 0.366. The second kappa shape index (κ2) is 8.87. The summed E-state index contributed by atoms with van der Waals surface area (Å²) in [7, 11) is 0. The van der Waals surface area contributed by atoms with Gasteiger partial charge in [0.05, 0.1) is 29.8 Å². The van der Waals surface area contributed by atoms with E-state index in [0.29, 0.717) is 43.9 Å². The Labute approximate surface area is 201 Å². The molecule has 0 radical (unpaired) electrons. The molecule has 5 nitrogen and oxygen atoms in total. The van der Waals surface area contributed by atoms with Crippen molar-refractivity contribution in [1.82, 2.24) is 0 Å². The molecule has 0 saturated carbocycles.